The van der Waals surface area contributed by atoms with Crippen molar-refractivity contribution in [1.29, 1.82) is 0 Å². The smallest absolute Gasteiger partial charge is 0.416 e. The van der Waals surface area contributed by atoms with E-state index in [9.17, 15) is 13.2 Å². The number of rotatable bonds is 6. The maximum absolute atomic E-state index is 12.9. The van der Waals surface area contributed by atoms with E-state index in [0.29, 0.717) is 30.2 Å². The molecule has 2 aromatic rings. The van der Waals surface area contributed by atoms with Crippen LogP contribution in [0.5, 0.6) is 5.75 Å². The largest absolute Gasteiger partial charge is 0.491 e. The predicted molar refractivity (Wildman–Crippen MR) is 90.6 cm³/mol. The lowest BCUT2D eigenvalue weighted by atomic mass is 10.0. The minimum absolute atomic E-state index is 0.374. The molecular weight excluding hydrogens is 329 g/mol. The third-order valence-corrected chi connectivity index (χ3v) is 4.13. The van der Waals surface area contributed by atoms with Gasteiger partial charge in [0.2, 0.25) is 0 Å². The van der Waals surface area contributed by atoms with Crippen LogP contribution in [-0.2, 0) is 12.6 Å². The zero-order chi connectivity index (χ0) is 17.9. The molecule has 132 valence electrons. The van der Waals surface area contributed by atoms with Gasteiger partial charge in [0, 0.05) is 18.2 Å². The topological polar surface area (TPSA) is 34.5 Å². The van der Waals surface area contributed by atoms with Crippen molar-refractivity contribution < 1.29 is 17.9 Å². The molecule has 1 aliphatic heterocycles. The van der Waals surface area contributed by atoms with Crippen LogP contribution in [0.2, 0.25) is 0 Å². The lowest BCUT2D eigenvalue weighted by Gasteiger charge is -2.10. The normalized spacial score (nSPS) is 13.5. The monoisotopic (exact) mass is 348 g/mol. The van der Waals surface area contributed by atoms with Gasteiger partial charge in [0.15, 0.2) is 0 Å². The average Bonchev–Trinajstić information content (AvgIpc) is 3.01. The Morgan fingerprint density at radius 3 is 2.76 bits per heavy atom. The molecule has 0 N–H and O–H groups in total. The van der Waals surface area contributed by atoms with Crippen LogP contribution in [0.15, 0.2) is 41.7 Å². The summed E-state index contributed by atoms with van der Waals surface area (Å²) < 4.78 is 44.4. The fourth-order valence-corrected chi connectivity index (χ4v) is 2.78. The first kappa shape index (κ1) is 17.5. The van der Waals surface area contributed by atoms with Gasteiger partial charge in [-0.05, 0) is 30.2 Å². The Bertz CT molecular complexity index is 784. The third kappa shape index (κ3) is 4.00. The Labute approximate surface area is 144 Å². The molecule has 0 unspecified atom stereocenters. The lowest BCUT2D eigenvalue weighted by molar-refractivity contribution is -0.137. The van der Waals surface area contributed by atoms with Crippen LogP contribution in [0.3, 0.4) is 0 Å². The molecule has 3 nitrogen and oxygen atoms in total. The summed E-state index contributed by atoms with van der Waals surface area (Å²) in [6, 6.07) is 5.50. The second kappa shape index (κ2) is 7.25. The zero-order valence-electron chi connectivity index (χ0n) is 13.9. The summed E-state index contributed by atoms with van der Waals surface area (Å²) in [5.41, 5.74) is 1.98. The van der Waals surface area contributed by atoms with E-state index in [-0.39, 0.29) is 0 Å². The van der Waals surface area contributed by atoms with Crippen LogP contribution in [0.25, 0.3) is 0 Å². The number of halogens is 3. The van der Waals surface area contributed by atoms with E-state index >= 15 is 0 Å². The number of unbranched alkanes of at least 4 members (excludes halogenated alkanes) is 2. The van der Waals surface area contributed by atoms with Crippen molar-refractivity contribution in [3.63, 3.8) is 0 Å². The molecule has 1 aromatic carbocycles. The van der Waals surface area contributed by atoms with Crippen molar-refractivity contribution in [3.8, 4) is 5.75 Å². The Morgan fingerprint density at radius 1 is 1.16 bits per heavy atom. The molecule has 6 heteroatoms. The number of aromatic nitrogens is 1. The second-order valence-corrected chi connectivity index (χ2v) is 6.00. The van der Waals surface area contributed by atoms with Gasteiger partial charge in [0.25, 0.3) is 0 Å². The van der Waals surface area contributed by atoms with Crippen molar-refractivity contribution in [3.05, 3.63) is 53.3 Å². The quantitative estimate of drug-likeness (QED) is 0.660. The van der Waals surface area contributed by atoms with Crippen molar-refractivity contribution in [2.45, 2.75) is 38.8 Å². The van der Waals surface area contributed by atoms with Gasteiger partial charge < -0.3 is 4.74 Å². The minimum Gasteiger partial charge on any atom is -0.491 e. The van der Waals surface area contributed by atoms with Gasteiger partial charge in [-0.1, -0.05) is 25.8 Å². The van der Waals surface area contributed by atoms with Gasteiger partial charge in [-0.3, -0.25) is 9.98 Å². The van der Waals surface area contributed by atoms with E-state index in [0.717, 1.165) is 42.5 Å². The highest BCUT2D eigenvalue weighted by atomic mass is 19.4. The van der Waals surface area contributed by atoms with Crippen molar-refractivity contribution in [2.24, 2.45) is 4.99 Å². The molecule has 0 radical (unpaired) electrons. The molecule has 1 aromatic heterocycles. The molecule has 0 atom stereocenters. The van der Waals surface area contributed by atoms with Gasteiger partial charge in [0.1, 0.15) is 5.75 Å². The standard InChI is InChI=1S/C19H19F3N2O/c1-2-3-4-9-25-18-12-23-8-7-15(18)17-10-13-5-6-14(19(20,21)22)11-16(13)24-17/h5-8,11-12H,2-4,9-10H2,1H3. The second-order valence-electron chi connectivity index (χ2n) is 6.00. The molecule has 1 aliphatic rings. The van der Waals surface area contributed by atoms with Crippen LogP contribution in [-0.4, -0.2) is 17.3 Å². The molecule has 0 fully saturated rings. The zero-order valence-corrected chi connectivity index (χ0v) is 13.9. The summed E-state index contributed by atoms with van der Waals surface area (Å²) in [5, 5.41) is 0. The van der Waals surface area contributed by atoms with Crippen LogP contribution >= 0.6 is 0 Å². The Balaban J connectivity index is 1.83. The average molecular weight is 348 g/mol. The van der Waals surface area contributed by atoms with E-state index in [1.165, 1.54) is 6.07 Å². The molecule has 0 amide bonds. The Hall–Kier alpha value is -2.37. The van der Waals surface area contributed by atoms with Gasteiger partial charge >= 0.3 is 6.18 Å². The molecular formula is C19H19F3N2O. The predicted octanol–water partition coefficient (Wildman–Crippen LogP) is 5.35. The number of aliphatic imine (C=N–C) groups is 1. The molecule has 0 saturated heterocycles. The van der Waals surface area contributed by atoms with E-state index in [1.807, 2.05) is 0 Å². The number of fused-ring (bicyclic) bond motifs is 1. The van der Waals surface area contributed by atoms with E-state index in [4.69, 9.17) is 4.74 Å². The summed E-state index contributed by atoms with van der Waals surface area (Å²) in [4.78, 5) is 8.49. The van der Waals surface area contributed by atoms with E-state index < -0.39 is 11.7 Å². The SMILES string of the molecule is CCCCCOc1cnccc1C1=Nc2cc(C(F)(F)F)ccc2C1. The summed E-state index contributed by atoms with van der Waals surface area (Å²) >= 11 is 0. The molecule has 0 aliphatic carbocycles. The number of hydrogen-bond donors (Lipinski definition) is 0. The first-order valence-electron chi connectivity index (χ1n) is 8.34. The number of benzene rings is 1. The first-order chi connectivity index (χ1) is 12.0. The summed E-state index contributed by atoms with van der Waals surface area (Å²) in [6.07, 6.45) is 2.54. The number of alkyl halides is 3. The molecule has 3 rings (SSSR count). The van der Waals surface area contributed by atoms with Crippen LogP contribution in [0.4, 0.5) is 18.9 Å². The molecule has 0 saturated carbocycles. The minimum atomic E-state index is -4.36. The number of ether oxygens (including phenoxy) is 1. The van der Waals surface area contributed by atoms with E-state index in [1.54, 1.807) is 18.5 Å². The fraction of sp³-hybridized carbons (Fsp3) is 0.368. The van der Waals surface area contributed by atoms with Gasteiger partial charge in [0.05, 0.1) is 29.8 Å². The highest BCUT2D eigenvalue weighted by molar-refractivity contribution is 6.08. The van der Waals surface area contributed by atoms with Crippen molar-refractivity contribution in [1.82, 2.24) is 4.98 Å². The summed E-state index contributed by atoms with van der Waals surface area (Å²) in [7, 11) is 0. The molecule has 0 spiro atoms. The van der Waals surface area contributed by atoms with Crippen LogP contribution < -0.4 is 4.74 Å². The van der Waals surface area contributed by atoms with Crippen LogP contribution in [0.1, 0.15) is 42.9 Å². The van der Waals surface area contributed by atoms with Gasteiger partial charge in [-0.15, -0.1) is 0 Å². The van der Waals surface area contributed by atoms with Gasteiger partial charge in [-0.2, -0.15) is 13.2 Å². The highest BCUT2D eigenvalue weighted by Gasteiger charge is 2.32. The maximum atomic E-state index is 12.9. The molecule has 2 heterocycles. The Morgan fingerprint density at radius 2 is 2.00 bits per heavy atom. The number of nitrogens with zero attached hydrogens (tertiary/aromatic N) is 2. The number of hydrogen-bond acceptors (Lipinski definition) is 3. The van der Waals surface area contributed by atoms with E-state index in [2.05, 4.69) is 16.9 Å². The summed E-state index contributed by atoms with van der Waals surface area (Å²) in [6.45, 7) is 2.71. The fourth-order valence-electron chi connectivity index (χ4n) is 2.78. The third-order valence-electron chi connectivity index (χ3n) is 4.13. The van der Waals surface area contributed by atoms with Gasteiger partial charge in [-0.25, -0.2) is 0 Å². The Kier molecular flexibility index (Phi) is 5.06. The summed E-state index contributed by atoms with van der Waals surface area (Å²) in [5.74, 6) is 0.626. The maximum Gasteiger partial charge on any atom is 0.416 e. The first-order valence-corrected chi connectivity index (χ1v) is 8.34. The van der Waals surface area contributed by atoms with Crippen LogP contribution in [0, 0.1) is 0 Å². The molecule has 25 heavy (non-hydrogen) atoms. The molecule has 0 bridgehead atoms. The number of pyridine rings is 1. The lowest BCUT2D eigenvalue weighted by Crippen LogP contribution is -2.07. The van der Waals surface area contributed by atoms with Crippen molar-refractivity contribution >= 4 is 11.4 Å². The van der Waals surface area contributed by atoms with Crippen molar-refractivity contribution in [2.75, 3.05) is 6.61 Å². The highest BCUT2D eigenvalue weighted by Crippen LogP contribution is 2.37.